The number of hydrogen-bond donors (Lipinski definition) is 1. The molecule has 0 spiro atoms. The molecule has 1 N–H and O–H groups in total. The molecule has 0 radical (unpaired) electrons. The van der Waals surface area contributed by atoms with Gasteiger partial charge in [-0.1, -0.05) is 13.8 Å². The number of carbonyl (C=O) groups is 2. The summed E-state index contributed by atoms with van der Waals surface area (Å²) in [6, 6.07) is -0.148. The molecule has 20 heavy (non-hydrogen) atoms. The van der Waals surface area contributed by atoms with E-state index in [9.17, 15) is 9.59 Å². The van der Waals surface area contributed by atoms with Gasteiger partial charge in [0.2, 0.25) is 11.8 Å². The summed E-state index contributed by atoms with van der Waals surface area (Å²) >= 11 is 0. The van der Waals surface area contributed by atoms with Crippen LogP contribution in [0.3, 0.4) is 0 Å². The third-order valence-electron chi connectivity index (χ3n) is 3.55. The van der Waals surface area contributed by atoms with Gasteiger partial charge in [0.25, 0.3) is 0 Å². The van der Waals surface area contributed by atoms with Crippen LogP contribution in [0.25, 0.3) is 0 Å². The second-order valence-corrected chi connectivity index (χ2v) is 6.93. The van der Waals surface area contributed by atoms with Crippen molar-refractivity contribution in [1.82, 2.24) is 15.1 Å². The molecule has 1 fully saturated rings. The molecule has 0 aliphatic carbocycles. The lowest BCUT2D eigenvalue weighted by Crippen LogP contribution is -2.57. The lowest BCUT2D eigenvalue weighted by atomic mass is 10.1. The van der Waals surface area contributed by atoms with Crippen molar-refractivity contribution in [2.24, 2.45) is 5.92 Å². The van der Waals surface area contributed by atoms with E-state index < -0.39 is 0 Å². The topological polar surface area (TPSA) is 52.7 Å². The number of amides is 2. The fourth-order valence-electron chi connectivity index (χ4n) is 2.33. The second-order valence-electron chi connectivity index (χ2n) is 6.93. The van der Waals surface area contributed by atoms with E-state index in [-0.39, 0.29) is 29.3 Å². The molecule has 1 unspecified atom stereocenters. The van der Waals surface area contributed by atoms with Crippen LogP contribution in [0.2, 0.25) is 0 Å². The Bertz CT molecular complexity index is 353. The monoisotopic (exact) mass is 283 g/mol. The van der Waals surface area contributed by atoms with E-state index in [1.54, 1.807) is 0 Å². The smallest absolute Gasteiger partial charge is 0.237 e. The minimum absolute atomic E-state index is 0.0446. The third-order valence-corrected chi connectivity index (χ3v) is 3.55. The fourth-order valence-corrected chi connectivity index (χ4v) is 2.33. The van der Waals surface area contributed by atoms with Crippen molar-refractivity contribution in [3.05, 3.63) is 0 Å². The molecule has 0 aromatic rings. The first-order chi connectivity index (χ1) is 9.11. The summed E-state index contributed by atoms with van der Waals surface area (Å²) < 4.78 is 0. The largest absolute Gasteiger partial charge is 0.350 e. The Kier molecular flexibility index (Phi) is 5.57. The highest BCUT2D eigenvalue weighted by Crippen LogP contribution is 2.11. The molecular formula is C15H29N3O2. The van der Waals surface area contributed by atoms with Crippen LogP contribution in [-0.2, 0) is 9.59 Å². The lowest BCUT2D eigenvalue weighted by molar-refractivity contribution is -0.137. The quantitative estimate of drug-likeness (QED) is 0.843. The van der Waals surface area contributed by atoms with Gasteiger partial charge < -0.3 is 10.2 Å². The van der Waals surface area contributed by atoms with Gasteiger partial charge in [0.1, 0.15) is 0 Å². The van der Waals surface area contributed by atoms with Crippen molar-refractivity contribution in [2.45, 2.75) is 53.1 Å². The number of nitrogens with one attached hydrogen (secondary N) is 1. The van der Waals surface area contributed by atoms with Gasteiger partial charge in [-0.2, -0.15) is 0 Å². The lowest BCUT2D eigenvalue weighted by Gasteiger charge is -2.38. The van der Waals surface area contributed by atoms with Crippen LogP contribution < -0.4 is 5.32 Å². The number of nitrogens with zero attached hydrogens (tertiary/aromatic N) is 2. The Morgan fingerprint density at radius 1 is 1.00 bits per heavy atom. The number of rotatable bonds is 3. The maximum atomic E-state index is 12.1. The maximum Gasteiger partial charge on any atom is 0.237 e. The highest BCUT2D eigenvalue weighted by atomic mass is 16.2. The molecule has 0 bridgehead atoms. The molecule has 0 aromatic heterocycles. The second kappa shape index (κ2) is 6.57. The number of hydrogen-bond acceptors (Lipinski definition) is 3. The molecule has 116 valence electrons. The van der Waals surface area contributed by atoms with Gasteiger partial charge in [-0.05, 0) is 27.7 Å². The summed E-state index contributed by atoms with van der Waals surface area (Å²) in [5.74, 6) is 0.306. The van der Waals surface area contributed by atoms with Crippen LogP contribution in [0, 0.1) is 5.92 Å². The fraction of sp³-hybridized carbons (Fsp3) is 0.867. The molecule has 5 nitrogen and oxygen atoms in total. The van der Waals surface area contributed by atoms with Crippen molar-refractivity contribution in [1.29, 1.82) is 0 Å². The number of piperazine rings is 1. The van der Waals surface area contributed by atoms with Gasteiger partial charge in [-0.3, -0.25) is 14.5 Å². The SMILES string of the molecule is CC(C)C(=O)N1CCN(C(C)C(=O)NC(C)(C)C)CC1. The van der Waals surface area contributed by atoms with E-state index in [4.69, 9.17) is 0 Å². The van der Waals surface area contributed by atoms with E-state index in [0.29, 0.717) is 13.1 Å². The summed E-state index contributed by atoms with van der Waals surface area (Å²) in [4.78, 5) is 28.1. The zero-order valence-corrected chi connectivity index (χ0v) is 13.7. The van der Waals surface area contributed by atoms with Gasteiger partial charge in [0.15, 0.2) is 0 Å². The summed E-state index contributed by atoms with van der Waals surface area (Å²) in [6.07, 6.45) is 0. The summed E-state index contributed by atoms with van der Waals surface area (Å²) in [5, 5.41) is 3.01. The first-order valence-corrected chi connectivity index (χ1v) is 7.46. The van der Waals surface area contributed by atoms with Gasteiger partial charge >= 0.3 is 0 Å². The van der Waals surface area contributed by atoms with E-state index in [1.165, 1.54) is 0 Å². The summed E-state index contributed by atoms with van der Waals surface area (Å²) in [7, 11) is 0. The predicted octanol–water partition coefficient (Wildman–Crippen LogP) is 1.09. The zero-order valence-electron chi connectivity index (χ0n) is 13.7. The zero-order chi connectivity index (χ0) is 15.5. The molecular weight excluding hydrogens is 254 g/mol. The molecule has 0 saturated carbocycles. The van der Waals surface area contributed by atoms with Crippen LogP contribution in [0.1, 0.15) is 41.5 Å². The Hall–Kier alpha value is -1.10. The van der Waals surface area contributed by atoms with E-state index in [2.05, 4.69) is 10.2 Å². The van der Waals surface area contributed by atoms with Crippen molar-refractivity contribution in [2.75, 3.05) is 26.2 Å². The molecule has 1 atom stereocenters. The Balaban J connectivity index is 2.49. The van der Waals surface area contributed by atoms with Crippen LogP contribution in [-0.4, -0.2) is 59.4 Å². The number of carbonyl (C=O) groups excluding carboxylic acids is 2. The highest BCUT2D eigenvalue weighted by molar-refractivity contribution is 5.82. The maximum absolute atomic E-state index is 12.1. The minimum atomic E-state index is -0.208. The summed E-state index contributed by atoms with van der Waals surface area (Å²) in [6.45, 7) is 14.7. The Morgan fingerprint density at radius 2 is 1.50 bits per heavy atom. The van der Waals surface area contributed by atoms with Crippen molar-refractivity contribution in [3.8, 4) is 0 Å². The van der Waals surface area contributed by atoms with E-state index in [1.807, 2.05) is 46.4 Å². The average molecular weight is 283 g/mol. The van der Waals surface area contributed by atoms with Gasteiger partial charge in [0, 0.05) is 37.6 Å². The van der Waals surface area contributed by atoms with E-state index in [0.717, 1.165) is 13.1 Å². The average Bonchev–Trinajstić information content (AvgIpc) is 2.35. The molecule has 5 heteroatoms. The molecule has 1 saturated heterocycles. The minimum Gasteiger partial charge on any atom is -0.350 e. The van der Waals surface area contributed by atoms with Crippen LogP contribution in [0.15, 0.2) is 0 Å². The van der Waals surface area contributed by atoms with Gasteiger partial charge in [-0.25, -0.2) is 0 Å². The predicted molar refractivity (Wildman–Crippen MR) is 80.3 cm³/mol. The van der Waals surface area contributed by atoms with Crippen molar-refractivity contribution >= 4 is 11.8 Å². The molecule has 0 aromatic carbocycles. The van der Waals surface area contributed by atoms with Gasteiger partial charge in [-0.15, -0.1) is 0 Å². The highest BCUT2D eigenvalue weighted by Gasteiger charge is 2.29. The Morgan fingerprint density at radius 3 is 1.90 bits per heavy atom. The first-order valence-electron chi connectivity index (χ1n) is 7.46. The molecule has 1 aliphatic rings. The van der Waals surface area contributed by atoms with Crippen molar-refractivity contribution < 1.29 is 9.59 Å². The van der Waals surface area contributed by atoms with Crippen LogP contribution >= 0.6 is 0 Å². The summed E-state index contributed by atoms with van der Waals surface area (Å²) in [5.41, 5.74) is -0.208. The first kappa shape index (κ1) is 17.0. The molecule has 1 heterocycles. The molecule has 1 aliphatic heterocycles. The Labute approximate surface area is 122 Å². The van der Waals surface area contributed by atoms with Crippen molar-refractivity contribution in [3.63, 3.8) is 0 Å². The van der Waals surface area contributed by atoms with Gasteiger partial charge in [0.05, 0.1) is 6.04 Å². The molecule has 2 amide bonds. The van der Waals surface area contributed by atoms with Crippen LogP contribution in [0.4, 0.5) is 0 Å². The molecule has 1 rings (SSSR count). The third kappa shape index (κ3) is 4.78. The normalized spacial score (nSPS) is 19.1. The van der Waals surface area contributed by atoms with Crippen LogP contribution in [0.5, 0.6) is 0 Å². The van der Waals surface area contributed by atoms with E-state index >= 15 is 0 Å². The standard InChI is InChI=1S/C15H29N3O2/c1-11(2)14(20)18-9-7-17(8-10-18)12(3)13(19)16-15(4,5)6/h11-12H,7-10H2,1-6H3,(H,16,19).